The summed E-state index contributed by atoms with van der Waals surface area (Å²) in [5.41, 5.74) is 1.02. The molecule has 2 aliphatic heterocycles. The van der Waals surface area contributed by atoms with E-state index in [0.717, 1.165) is 31.0 Å². The van der Waals surface area contributed by atoms with Crippen molar-refractivity contribution < 1.29 is 9.13 Å². The van der Waals surface area contributed by atoms with Crippen LogP contribution in [0.15, 0.2) is 24.3 Å². The van der Waals surface area contributed by atoms with E-state index >= 15 is 0 Å². The SMILES string of the molecule is COCCn1nnnc1[C@@H](c1ccc(F)cc1)N1CCN2CCC[C@@H]2C1. The topological polar surface area (TPSA) is 59.3 Å². The van der Waals surface area contributed by atoms with Crippen molar-refractivity contribution in [3.63, 3.8) is 0 Å². The van der Waals surface area contributed by atoms with Gasteiger partial charge in [-0.3, -0.25) is 9.80 Å². The van der Waals surface area contributed by atoms with E-state index < -0.39 is 0 Å². The zero-order valence-corrected chi connectivity index (χ0v) is 15.1. The van der Waals surface area contributed by atoms with Crippen molar-refractivity contribution in [2.45, 2.75) is 31.5 Å². The maximum atomic E-state index is 13.5. The molecule has 0 unspecified atom stereocenters. The minimum Gasteiger partial charge on any atom is -0.383 e. The molecule has 2 atom stereocenters. The largest absolute Gasteiger partial charge is 0.383 e. The smallest absolute Gasteiger partial charge is 0.173 e. The molecule has 0 aliphatic carbocycles. The van der Waals surface area contributed by atoms with Gasteiger partial charge in [-0.05, 0) is 47.5 Å². The van der Waals surface area contributed by atoms with Crippen LogP contribution in [0.2, 0.25) is 0 Å². The van der Waals surface area contributed by atoms with Crippen LogP contribution in [-0.2, 0) is 11.3 Å². The molecule has 2 aromatic rings. The Labute approximate surface area is 152 Å². The van der Waals surface area contributed by atoms with Crippen LogP contribution in [0.25, 0.3) is 0 Å². The van der Waals surface area contributed by atoms with Gasteiger partial charge in [0.1, 0.15) is 5.82 Å². The van der Waals surface area contributed by atoms with E-state index in [4.69, 9.17) is 4.74 Å². The summed E-state index contributed by atoms with van der Waals surface area (Å²) in [7, 11) is 1.67. The van der Waals surface area contributed by atoms with Crippen molar-refractivity contribution >= 4 is 0 Å². The highest BCUT2D eigenvalue weighted by Crippen LogP contribution is 2.31. The van der Waals surface area contributed by atoms with Crippen LogP contribution in [0.4, 0.5) is 4.39 Å². The zero-order valence-electron chi connectivity index (χ0n) is 15.1. The quantitative estimate of drug-likeness (QED) is 0.775. The number of methoxy groups -OCH3 is 1. The molecule has 2 aliphatic rings. The van der Waals surface area contributed by atoms with E-state index in [9.17, 15) is 4.39 Å². The molecule has 2 fully saturated rings. The number of hydrogen-bond acceptors (Lipinski definition) is 6. The van der Waals surface area contributed by atoms with Gasteiger partial charge in [0.05, 0.1) is 19.2 Å². The highest BCUT2D eigenvalue weighted by molar-refractivity contribution is 5.25. The van der Waals surface area contributed by atoms with Gasteiger partial charge < -0.3 is 4.74 Å². The summed E-state index contributed by atoms with van der Waals surface area (Å²) in [6.45, 7) is 5.34. The minimum atomic E-state index is -0.230. The average Bonchev–Trinajstić information content (AvgIpc) is 3.31. The molecular formula is C18H25FN6O. The van der Waals surface area contributed by atoms with E-state index in [2.05, 4.69) is 25.3 Å². The summed E-state index contributed by atoms with van der Waals surface area (Å²) >= 11 is 0. The Morgan fingerprint density at radius 2 is 2.08 bits per heavy atom. The predicted molar refractivity (Wildman–Crippen MR) is 94.1 cm³/mol. The van der Waals surface area contributed by atoms with Crippen molar-refractivity contribution in [2.75, 3.05) is 39.9 Å². The first-order valence-electron chi connectivity index (χ1n) is 9.25. The fraction of sp³-hybridized carbons (Fsp3) is 0.611. The fourth-order valence-corrected chi connectivity index (χ4v) is 4.16. The Morgan fingerprint density at radius 1 is 1.23 bits per heavy atom. The Kier molecular flexibility index (Phi) is 5.23. The first-order chi connectivity index (χ1) is 12.8. The van der Waals surface area contributed by atoms with Gasteiger partial charge in [0.15, 0.2) is 5.82 Å². The summed E-state index contributed by atoms with van der Waals surface area (Å²) in [6.07, 6.45) is 2.51. The van der Waals surface area contributed by atoms with Crippen LogP contribution in [-0.4, -0.2) is 75.9 Å². The van der Waals surface area contributed by atoms with E-state index in [-0.39, 0.29) is 11.9 Å². The molecular weight excluding hydrogens is 335 g/mol. The van der Waals surface area contributed by atoms with Gasteiger partial charge in [0.2, 0.25) is 0 Å². The summed E-state index contributed by atoms with van der Waals surface area (Å²) < 4.78 is 20.5. The summed E-state index contributed by atoms with van der Waals surface area (Å²) in [5, 5.41) is 12.4. The molecule has 140 valence electrons. The first kappa shape index (κ1) is 17.5. The number of ether oxygens (including phenoxy) is 1. The van der Waals surface area contributed by atoms with Crippen molar-refractivity contribution in [1.82, 2.24) is 30.0 Å². The van der Waals surface area contributed by atoms with Crippen LogP contribution in [0, 0.1) is 5.82 Å². The molecule has 0 saturated carbocycles. The molecule has 0 spiro atoms. The lowest BCUT2D eigenvalue weighted by Gasteiger charge is -2.41. The lowest BCUT2D eigenvalue weighted by Crippen LogP contribution is -2.51. The van der Waals surface area contributed by atoms with Gasteiger partial charge in [0, 0.05) is 32.8 Å². The molecule has 0 N–H and O–H groups in total. The predicted octanol–water partition coefficient (Wildman–Crippen LogP) is 1.33. The average molecular weight is 360 g/mol. The van der Waals surface area contributed by atoms with Gasteiger partial charge in [-0.2, -0.15) is 0 Å². The maximum Gasteiger partial charge on any atom is 0.173 e. The normalized spacial score (nSPS) is 22.5. The molecule has 8 heteroatoms. The monoisotopic (exact) mass is 360 g/mol. The second-order valence-corrected chi connectivity index (χ2v) is 7.03. The minimum absolute atomic E-state index is 0.0785. The van der Waals surface area contributed by atoms with E-state index in [1.165, 1.54) is 31.5 Å². The van der Waals surface area contributed by atoms with E-state index in [1.54, 1.807) is 11.8 Å². The number of hydrogen-bond donors (Lipinski definition) is 0. The third kappa shape index (κ3) is 3.49. The van der Waals surface area contributed by atoms with Gasteiger partial charge in [0.25, 0.3) is 0 Å². The van der Waals surface area contributed by atoms with Crippen LogP contribution in [0.3, 0.4) is 0 Å². The zero-order chi connectivity index (χ0) is 17.9. The summed E-state index contributed by atoms with van der Waals surface area (Å²) in [4.78, 5) is 5.01. The Balaban J connectivity index is 1.66. The van der Waals surface area contributed by atoms with Gasteiger partial charge >= 0.3 is 0 Å². The number of tetrazole rings is 1. The third-order valence-corrected chi connectivity index (χ3v) is 5.48. The van der Waals surface area contributed by atoms with Crippen LogP contribution < -0.4 is 0 Å². The van der Waals surface area contributed by atoms with Crippen molar-refractivity contribution in [3.8, 4) is 0 Å². The highest BCUT2D eigenvalue weighted by atomic mass is 19.1. The van der Waals surface area contributed by atoms with Crippen molar-refractivity contribution in [3.05, 3.63) is 41.5 Å². The fourth-order valence-electron chi connectivity index (χ4n) is 4.16. The van der Waals surface area contributed by atoms with E-state index in [0.29, 0.717) is 19.2 Å². The summed E-state index contributed by atoms with van der Waals surface area (Å²) in [5.74, 6) is 0.562. The van der Waals surface area contributed by atoms with Gasteiger partial charge in [-0.15, -0.1) is 5.10 Å². The molecule has 2 saturated heterocycles. The van der Waals surface area contributed by atoms with Gasteiger partial charge in [-0.1, -0.05) is 12.1 Å². The van der Waals surface area contributed by atoms with Crippen LogP contribution in [0.1, 0.15) is 30.3 Å². The molecule has 26 heavy (non-hydrogen) atoms. The van der Waals surface area contributed by atoms with Gasteiger partial charge in [-0.25, -0.2) is 9.07 Å². The Hall–Kier alpha value is -1.90. The number of fused-ring (bicyclic) bond motifs is 1. The van der Waals surface area contributed by atoms with E-state index in [1.807, 2.05) is 12.1 Å². The number of benzene rings is 1. The maximum absolute atomic E-state index is 13.5. The highest BCUT2D eigenvalue weighted by Gasteiger charge is 2.36. The molecule has 0 radical (unpaired) electrons. The Bertz CT molecular complexity index is 721. The molecule has 1 aromatic carbocycles. The lowest BCUT2D eigenvalue weighted by atomic mass is 10.0. The molecule has 3 heterocycles. The number of piperazine rings is 1. The van der Waals surface area contributed by atoms with Crippen molar-refractivity contribution in [1.29, 1.82) is 0 Å². The third-order valence-electron chi connectivity index (χ3n) is 5.48. The lowest BCUT2D eigenvalue weighted by molar-refractivity contribution is 0.0784. The number of rotatable bonds is 6. The Morgan fingerprint density at radius 3 is 2.88 bits per heavy atom. The van der Waals surface area contributed by atoms with Crippen LogP contribution >= 0.6 is 0 Å². The number of nitrogens with zero attached hydrogens (tertiary/aromatic N) is 6. The van der Waals surface area contributed by atoms with Crippen molar-refractivity contribution in [2.24, 2.45) is 0 Å². The molecule has 1 aromatic heterocycles. The second kappa shape index (κ2) is 7.77. The molecule has 4 rings (SSSR count). The number of aromatic nitrogens is 4. The molecule has 0 bridgehead atoms. The molecule has 7 nitrogen and oxygen atoms in total. The molecule has 0 amide bonds. The standard InChI is InChI=1S/C18H25FN6O/c1-26-12-11-25-18(20-21-22-25)17(14-4-6-15(19)7-5-14)24-10-9-23-8-2-3-16(23)13-24/h4-7,16-17H,2-3,8-13H2,1H3/t16-,17-/m1/s1. The van der Waals surface area contributed by atoms with Crippen LogP contribution in [0.5, 0.6) is 0 Å². The second-order valence-electron chi connectivity index (χ2n) is 7.03. The summed E-state index contributed by atoms with van der Waals surface area (Å²) in [6, 6.07) is 7.22. The number of halogens is 1. The first-order valence-corrected chi connectivity index (χ1v) is 9.25.